The SMILES string of the molecule is CC/C=C\C/C=C\C/C=C\C/C=C\C/C=C\C/C=C\C/C=C\C/C=C\C/C=C\CCCCCCCCCCCCCCCC(=O)OC(COC(=O)CCCCCCCCCCCCCCCCCCCCCCCCCCCCCCCCCCCCCCCCC)COP(=O)([O-])OCC[N+](C)(C)C. The summed E-state index contributed by atoms with van der Waals surface area (Å²) >= 11 is 0. The van der Waals surface area contributed by atoms with E-state index in [9.17, 15) is 19.0 Å². The van der Waals surface area contributed by atoms with Crippen molar-refractivity contribution >= 4 is 19.8 Å². The minimum atomic E-state index is -4.65. The molecule has 10 heteroatoms. The van der Waals surface area contributed by atoms with Crippen LogP contribution in [0.3, 0.4) is 0 Å². The lowest BCUT2D eigenvalue weighted by molar-refractivity contribution is -0.870. The Morgan fingerprint density at radius 2 is 0.548 bits per heavy atom. The fourth-order valence-corrected chi connectivity index (χ4v) is 13.8. The summed E-state index contributed by atoms with van der Waals surface area (Å²) in [5.74, 6) is -0.819. The van der Waals surface area contributed by atoms with Gasteiger partial charge in [-0.1, -0.05) is 438 Å². The molecule has 0 spiro atoms. The fourth-order valence-electron chi connectivity index (χ4n) is 13.1. The molecule has 604 valence electrons. The number of quaternary nitrogens is 1. The summed E-state index contributed by atoms with van der Waals surface area (Å²) in [7, 11) is 1.18. The molecular weight excluding hydrogens is 1300 g/mol. The van der Waals surface area contributed by atoms with E-state index in [0.717, 1.165) is 96.3 Å². The maximum Gasteiger partial charge on any atom is 0.306 e. The first-order chi connectivity index (χ1) is 51.0. The Bertz CT molecular complexity index is 2130. The molecule has 0 aromatic rings. The Hall–Kier alpha value is -3.33. The van der Waals surface area contributed by atoms with Gasteiger partial charge in [0.05, 0.1) is 27.7 Å². The summed E-state index contributed by atoms with van der Waals surface area (Å²) in [6, 6.07) is 0. The molecule has 0 saturated heterocycles. The van der Waals surface area contributed by atoms with Gasteiger partial charge in [-0.3, -0.25) is 14.2 Å². The highest BCUT2D eigenvalue weighted by Gasteiger charge is 2.22. The monoisotopic (exact) mass is 1470 g/mol. The largest absolute Gasteiger partial charge is 0.756 e. The van der Waals surface area contributed by atoms with Gasteiger partial charge in [-0.05, 0) is 83.5 Å². The van der Waals surface area contributed by atoms with Gasteiger partial charge in [-0.25, -0.2) is 0 Å². The summed E-state index contributed by atoms with van der Waals surface area (Å²) in [5.41, 5.74) is 0. The molecule has 0 saturated carbocycles. The molecule has 2 atom stereocenters. The Morgan fingerprint density at radius 1 is 0.308 bits per heavy atom. The number of nitrogens with zero attached hydrogens (tertiary/aromatic N) is 1. The van der Waals surface area contributed by atoms with Crippen molar-refractivity contribution in [1.29, 1.82) is 0 Å². The molecule has 0 N–H and O–H groups in total. The minimum absolute atomic E-state index is 0.0323. The molecule has 0 aromatic carbocycles. The van der Waals surface area contributed by atoms with Crippen LogP contribution in [0, 0.1) is 0 Å². The van der Waals surface area contributed by atoms with Crippen LogP contribution in [0.4, 0.5) is 0 Å². The molecular formula is C94H170NO8P. The first kappa shape index (κ1) is 101. The molecule has 0 radical (unpaired) electrons. The van der Waals surface area contributed by atoms with E-state index >= 15 is 0 Å². The van der Waals surface area contributed by atoms with Gasteiger partial charge < -0.3 is 27.9 Å². The highest BCUT2D eigenvalue weighted by Crippen LogP contribution is 2.38. The summed E-state index contributed by atoms with van der Waals surface area (Å²) in [5, 5.41) is 0. The van der Waals surface area contributed by atoms with Crippen molar-refractivity contribution in [3.05, 3.63) is 109 Å². The van der Waals surface area contributed by atoms with Crippen LogP contribution < -0.4 is 4.89 Å². The quantitative estimate of drug-likeness (QED) is 0.0195. The van der Waals surface area contributed by atoms with Crippen molar-refractivity contribution < 1.29 is 42.1 Å². The van der Waals surface area contributed by atoms with Gasteiger partial charge in [0.15, 0.2) is 6.10 Å². The van der Waals surface area contributed by atoms with E-state index in [1.54, 1.807) is 0 Å². The van der Waals surface area contributed by atoms with Crippen LogP contribution in [0.5, 0.6) is 0 Å². The lowest BCUT2D eigenvalue weighted by atomic mass is 10.0. The van der Waals surface area contributed by atoms with E-state index in [0.29, 0.717) is 17.4 Å². The second-order valence-electron chi connectivity index (χ2n) is 31.2. The number of carbonyl (C=O) groups excluding carboxylic acids is 2. The number of esters is 2. The van der Waals surface area contributed by atoms with Gasteiger partial charge in [0.1, 0.15) is 19.8 Å². The molecule has 0 bridgehead atoms. The predicted octanol–water partition coefficient (Wildman–Crippen LogP) is 29.7. The van der Waals surface area contributed by atoms with E-state index in [-0.39, 0.29) is 32.0 Å². The lowest BCUT2D eigenvalue weighted by Gasteiger charge is -2.28. The number of rotatable bonds is 83. The van der Waals surface area contributed by atoms with Gasteiger partial charge in [-0.15, -0.1) is 0 Å². The zero-order valence-corrected chi connectivity index (χ0v) is 70.1. The highest BCUT2D eigenvalue weighted by atomic mass is 31.2. The van der Waals surface area contributed by atoms with Crippen molar-refractivity contribution in [1.82, 2.24) is 0 Å². The second kappa shape index (κ2) is 83.7. The van der Waals surface area contributed by atoms with Gasteiger partial charge in [-0.2, -0.15) is 0 Å². The summed E-state index contributed by atoms with van der Waals surface area (Å²) in [6.07, 6.45) is 120. The molecule has 0 aliphatic carbocycles. The van der Waals surface area contributed by atoms with Gasteiger partial charge >= 0.3 is 11.9 Å². The van der Waals surface area contributed by atoms with Crippen molar-refractivity contribution in [3.8, 4) is 0 Å². The van der Waals surface area contributed by atoms with Gasteiger partial charge in [0.2, 0.25) is 0 Å². The standard InChI is InChI=1S/C94H170NO8P/c1-6-8-10-12-14-16-18-20-22-24-26-28-30-32-34-36-38-40-42-44-46-47-49-51-53-55-57-59-61-63-65-67-69-71-73-75-77-79-81-83-85-87-94(97)103-92(91-102-104(98,99)101-89-88-95(3,4)5)90-100-93(96)86-84-82-80-78-76-74-72-70-68-66-64-62-60-58-56-54-52-50-48-45-43-41-39-37-35-33-31-29-27-25-23-21-19-17-15-13-11-9-7-2/h8,10,14,16,20,22,26,28,32,34,38,40,44,46,49,51,55,57,92H,6-7,9,11-13,15,17-19,21,23-25,27,29-31,33,35-37,39,41-43,45,47-48,50,52-54,56,58-91H2,1-5H3/b10-8-,16-14-,22-20-,28-26-,34-32-,40-38-,46-44-,51-49-,57-55-. The Labute approximate surface area is 646 Å². The number of allylic oxidation sites excluding steroid dienone is 18. The molecule has 0 fully saturated rings. The van der Waals surface area contributed by atoms with Crippen LogP contribution in [-0.4, -0.2) is 70.0 Å². The second-order valence-corrected chi connectivity index (χ2v) is 32.7. The maximum absolute atomic E-state index is 12.9. The smallest absolute Gasteiger partial charge is 0.306 e. The number of phosphoric ester groups is 1. The van der Waals surface area contributed by atoms with Crippen molar-refractivity contribution in [2.24, 2.45) is 0 Å². The fraction of sp³-hybridized carbons (Fsp3) is 0.787. The third-order valence-corrected chi connectivity index (χ3v) is 20.8. The van der Waals surface area contributed by atoms with Crippen LogP contribution in [-0.2, 0) is 32.7 Å². The molecule has 0 heterocycles. The van der Waals surface area contributed by atoms with Crippen LogP contribution in [0.2, 0.25) is 0 Å². The molecule has 0 amide bonds. The first-order valence-electron chi connectivity index (χ1n) is 44.6. The molecule has 0 aliphatic rings. The summed E-state index contributed by atoms with van der Waals surface area (Å²) in [4.78, 5) is 38.3. The van der Waals surface area contributed by atoms with E-state index in [4.69, 9.17) is 18.5 Å². The number of unbranched alkanes of at least 4 members (excludes halogenated alkanes) is 51. The summed E-state index contributed by atoms with van der Waals surface area (Å²) < 4.78 is 34.5. The number of carbonyl (C=O) groups is 2. The minimum Gasteiger partial charge on any atom is -0.756 e. The molecule has 0 aromatic heterocycles. The molecule has 0 rings (SSSR count). The van der Waals surface area contributed by atoms with Gasteiger partial charge in [0, 0.05) is 12.8 Å². The highest BCUT2D eigenvalue weighted by molar-refractivity contribution is 7.45. The third-order valence-electron chi connectivity index (χ3n) is 19.8. The van der Waals surface area contributed by atoms with Crippen LogP contribution in [0.1, 0.15) is 425 Å². The van der Waals surface area contributed by atoms with E-state index in [2.05, 4.69) is 123 Å². The zero-order chi connectivity index (χ0) is 75.4. The average Bonchev–Trinajstić information content (AvgIpc) is 0.920. The number of ether oxygens (including phenoxy) is 2. The first-order valence-corrected chi connectivity index (χ1v) is 46.1. The third kappa shape index (κ3) is 87.6. The Balaban J connectivity index is 3.91. The number of hydrogen-bond acceptors (Lipinski definition) is 8. The molecule has 0 aliphatic heterocycles. The number of phosphoric acid groups is 1. The van der Waals surface area contributed by atoms with Crippen LogP contribution in [0.25, 0.3) is 0 Å². The van der Waals surface area contributed by atoms with Crippen LogP contribution in [0.15, 0.2) is 109 Å². The number of likely N-dealkylation sites (N-methyl/N-ethyl adjacent to an activating group) is 1. The van der Waals surface area contributed by atoms with Crippen LogP contribution >= 0.6 is 7.82 Å². The van der Waals surface area contributed by atoms with Gasteiger partial charge in [0.25, 0.3) is 7.82 Å². The predicted molar refractivity (Wildman–Crippen MR) is 452 cm³/mol. The summed E-state index contributed by atoms with van der Waals surface area (Å²) in [6.45, 7) is 4.19. The van der Waals surface area contributed by atoms with Crippen molar-refractivity contribution in [2.75, 3.05) is 47.5 Å². The number of hydrogen-bond donors (Lipinski definition) is 0. The zero-order valence-electron chi connectivity index (χ0n) is 69.2. The molecule has 2 unspecified atom stereocenters. The average molecular weight is 1470 g/mol. The lowest BCUT2D eigenvalue weighted by Crippen LogP contribution is -2.37. The molecule has 104 heavy (non-hydrogen) atoms. The van der Waals surface area contributed by atoms with Crippen molar-refractivity contribution in [2.45, 2.75) is 431 Å². The van der Waals surface area contributed by atoms with Crippen molar-refractivity contribution in [3.63, 3.8) is 0 Å². The Kier molecular flexibility index (Phi) is 81.0. The van der Waals surface area contributed by atoms with E-state index in [1.807, 2.05) is 21.1 Å². The molecule has 9 nitrogen and oxygen atoms in total. The Morgan fingerprint density at radius 3 is 0.817 bits per heavy atom. The maximum atomic E-state index is 12.9. The van der Waals surface area contributed by atoms with E-state index in [1.165, 1.54) is 295 Å². The van der Waals surface area contributed by atoms with E-state index < -0.39 is 26.5 Å². The normalized spacial score (nSPS) is 13.5. The topological polar surface area (TPSA) is 111 Å².